The minimum Gasteiger partial charge on any atom is -0.508 e. The maximum absolute atomic E-state index is 13.3. The van der Waals surface area contributed by atoms with Crippen LogP contribution in [0.1, 0.15) is 38.2 Å². The van der Waals surface area contributed by atoms with Gasteiger partial charge in [0.15, 0.2) is 0 Å². The lowest BCUT2D eigenvalue weighted by molar-refractivity contribution is 0.168. The minimum atomic E-state index is -0.355. The molecule has 4 atom stereocenters. The number of aromatic nitrogens is 1. The first-order valence-electron chi connectivity index (χ1n) is 9.70. The third-order valence-corrected chi connectivity index (χ3v) is 6.27. The van der Waals surface area contributed by atoms with Crippen LogP contribution in [0, 0.1) is 17.2 Å². The van der Waals surface area contributed by atoms with Gasteiger partial charge in [0.25, 0.3) is 0 Å². The molecule has 0 radical (unpaired) electrons. The standard InChI is InChI=1S/C22H27FN2O2/c1-15(16-3-5-19(26)6-4-16)12-25-13-17-7-20(9-22(17,2)14-25)27-21-8-18(23)10-24-11-21/h3-6,8,10-11,15,17,20,26H,7,9,12-14H2,1-2H3/t15?,17-,20+,22+/m1/s1. The minimum absolute atomic E-state index is 0.139. The van der Waals surface area contributed by atoms with E-state index < -0.39 is 0 Å². The van der Waals surface area contributed by atoms with Crippen LogP contribution in [-0.4, -0.2) is 40.7 Å². The molecular weight excluding hydrogens is 343 g/mol. The summed E-state index contributed by atoms with van der Waals surface area (Å²) in [6.07, 6.45) is 4.94. The summed E-state index contributed by atoms with van der Waals surface area (Å²) in [5.41, 5.74) is 1.51. The van der Waals surface area contributed by atoms with Crippen LogP contribution in [0.4, 0.5) is 4.39 Å². The summed E-state index contributed by atoms with van der Waals surface area (Å²) in [5.74, 6) is 1.52. The molecule has 1 N–H and O–H groups in total. The third-order valence-electron chi connectivity index (χ3n) is 6.27. The molecule has 2 heterocycles. The smallest absolute Gasteiger partial charge is 0.145 e. The van der Waals surface area contributed by atoms with Crippen molar-refractivity contribution in [1.82, 2.24) is 9.88 Å². The number of likely N-dealkylation sites (tertiary alicyclic amines) is 1. The van der Waals surface area contributed by atoms with Crippen molar-refractivity contribution < 1.29 is 14.2 Å². The summed E-state index contributed by atoms with van der Waals surface area (Å²) < 4.78 is 19.3. The molecule has 4 rings (SSSR count). The number of fused-ring (bicyclic) bond motifs is 1. The summed E-state index contributed by atoms with van der Waals surface area (Å²) in [6, 6.07) is 8.95. The molecule has 1 saturated heterocycles. The molecule has 2 fully saturated rings. The Morgan fingerprint density at radius 2 is 2.11 bits per heavy atom. The molecule has 144 valence electrons. The molecule has 1 aliphatic heterocycles. The number of pyridine rings is 1. The topological polar surface area (TPSA) is 45.6 Å². The maximum Gasteiger partial charge on any atom is 0.145 e. The highest BCUT2D eigenvalue weighted by molar-refractivity contribution is 5.28. The van der Waals surface area contributed by atoms with Crippen molar-refractivity contribution >= 4 is 0 Å². The maximum atomic E-state index is 13.3. The highest BCUT2D eigenvalue weighted by Gasteiger charge is 2.50. The first kappa shape index (κ1) is 18.2. The number of hydrogen-bond donors (Lipinski definition) is 1. The second kappa shape index (κ2) is 7.12. The van der Waals surface area contributed by atoms with Gasteiger partial charge in [-0.1, -0.05) is 26.0 Å². The van der Waals surface area contributed by atoms with E-state index in [0.717, 1.165) is 32.5 Å². The molecule has 0 spiro atoms. The van der Waals surface area contributed by atoms with Crippen molar-refractivity contribution in [3.63, 3.8) is 0 Å². The second-order valence-electron chi connectivity index (χ2n) is 8.56. The fraction of sp³-hybridized carbons (Fsp3) is 0.500. The van der Waals surface area contributed by atoms with Gasteiger partial charge < -0.3 is 14.7 Å². The molecule has 2 aliphatic rings. The quantitative estimate of drug-likeness (QED) is 0.856. The van der Waals surface area contributed by atoms with Crippen LogP contribution in [0.25, 0.3) is 0 Å². The van der Waals surface area contributed by atoms with Crippen LogP contribution in [0.15, 0.2) is 42.7 Å². The van der Waals surface area contributed by atoms with E-state index >= 15 is 0 Å². The van der Waals surface area contributed by atoms with Gasteiger partial charge in [-0.3, -0.25) is 4.98 Å². The second-order valence-corrected chi connectivity index (χ2v) is 8.56. The first-order valence-corrected chi connectivity index (χ1v) is 9.70. The zero-order valence-electron chi connectivity index (χ0n) is 15.9. The van der Waals surface area contributed by atoms with Gasteiger partial charge in [-0.15, -0.1) is 0 Å². The Morgan fingerprint density at radius 3 is 2.81 bits per heavy atom. The first-order chi connectivity index (χ1) is 12.9. The van der Waals surface area contributed by atoms with E-state index in [-0.39, 0.29) is 17.3 Å². The fourth-order valence-electron chi connectivity index (χ4n) is 4.92. The average Bonchev–Trinajstić information content (AvgIpc) is 3.05. The van der Waals surface area contributed by atoms with Crippen LogP contribution in [0.2, 0.25) is 0 Å². The number of nitrogens with zero attached hydrogens (tertiary/aromatic N) is 2. The Hall–Kier alpha value is -2.14. The van der Waals surface area contributed by atoms with E-state index in [1.165, 1.54) is 17.8 Å². The number of hydrogen-bond acceptors (Lipinski definition) is 4. The zero-order chi connectivity index (χ0) is 19.0. The van der Waals surface area contributed by atoms with Crippen molar-refractivity contribution in [2.45, 2.75) is 38.7 Å². The molecule has 5 heteroatoms. The number of phenols is 1. The van der Waals surface area contributed by atoms with Crippen LogP contribution in [-0.2, 0) is 0 Å². The largest absolute Gasteiger partial charge is 0.508 e. The predicted molar refractivity (Wildman–Crippen MR) is 102 cm³/mol. The van der Waals surface area contributed by atoms with E-state index in [9.17, 15) is 9.50 Å². The van der Waals surface area contributed by atoms with Crippen LogP contribution in [0.5, 0.6) is 11.5 Å². The Bertz CT molecular complexity index is 797. The van der Waals surface area contributed by atoms with Crippen molar-refractivity contribution in [3.05, 3.63) is 54.1 Å². The number of ether oxygens (including phenoxy) is 1. The van der Waals surface area contributed by atoms with Gasteiger partial charge in [-0.2, -0.15) is 0 Å². The van der Waals surface area contributed by atoms with Gasteiger partial charge in [0, 0.05) is 25.7 Å². The van der Waals surface area contributed by atoms with Crippen molar-refractivity contribution in [2.24, 2.45) is 11.3 Å². The van der Waals surface area contributed by atoms with E-state index in [1.807, 2.05) is 12.1 Å². The van der Waals surface area contributed by atoms with Gasteiger partial charge >= 0.3 is 0 Å². The Balaban J connectivity index is 1.34. The molecule has 1 aromatic heterocycles. The van der Waals surface area contributed by atoms with Crippen LogP contribution in [0.3, 0.4) is 0 Å². The molecule has 1 unspecified atom stereocenters. The van der Waals surface area contributed by atoms with E-state index in [4.69, 9.17) is 4.74 Å². The summed E-state index contributed by atoms with van der Waals surface area (Å²) in [4.78, 5) is 6.43. The van der Waals surface area contributed by atoms with Crippen molar-refractivity contribution in [3.8, 4) is 11.5 Å². The Kier molecular flexibility index (Phi) is 4.81. The molecule has 1 saturated carbocycles. The van der Waals surface area contributed by atoms with Crippen LogP contribution < -0.4 is 4.74 Å². The summed E-state index contributed by atoms with van der Waals surface area (Å²) in [6.45, 7) is 7.78. The molecule has 0 bridgehead atoms. The van der Waals surface area contributed by atoms with E-state index in [0.29, 0.717) is 23.3 Å². The highest BCUT2D eigenvalue weighted by atomic mass is 19.1. The summed E-state index contributed by atoms with van der Waals surface area (Å²) in [5, 5.41) is 9.46. The summed E-state index contributed by atoms with van der Waals surface area (Å²) in [7, 11) is 0. The van der Waals surface area contributed by atoms with Gasteiger partial charge in [0.1, 0.15) is 17.3 Å². The van der Waals surface area contributed by atoms with Gasteiger partial charge in [-0.25, -0.2) is 4.39 Å². The monoisotopic (exact) mass is 370 g/mol. The fourth-order valence-corrected chi connectivity index (χ4v) is 4.92. The predicted octanol–water partition coefficient (Wildman–Crippen LogP) is 4.21. The Labute approximate surface area is 160 Å². The molecule has 2 aromatic rings. The van der Waals surface area contributed by atoms with E-state index in [1.54, 1.807) is 18.3 Å². The van der Waals surface area contributed by atoms with Gasteiger partial charge in [0.2, 0.25) is 0 Å². The van der Waals surface area contributed by atoms with Crippen LogP contribution >= 0.6 is 0 Å². The summed E-state index contributed by atoms with van der Waals surface area (Å²) >= 11 is 0. The molecule has 1 aliphatic carbocycles. The zero-order valence-corrected chi connectivity index (χ0v) is 15.9. The highest BCUT2D eigenvalue weighted by Crippen LogP contribution is 2.49. The SMILES string of the molecule is CC(CN1C[C@H]2C[C@H](Oc3cncc(F)c3)C[C@@]2(C)C1)c1ccc(O)cc1. The number of halogens is 1. The average molecular weight is 370 g/mol. The molecule has 4 nitrogen and oxygen atoms in total. The van der Waals surface area contributed by atoms with Crippen molar-refractivity contribution in [1.29, 1.82) is 0 Å². The van der Waals surface area contributed by atoms with Crippen molar-refractivity contribution in [2.75, 3.05) is 19.6 Å². The van der Waals surface area contributed by atoms with E-state index in [2.05, 4.69) is 23.7 Å². The number of aromatic hydroxyl groups is 1. The van der Waals surface area contributed by atoms with Gasteiger partial charge in [0.05, 0.1) is 18.5 Å². The normalized spacial score (nSPS) is 28.9. The molecular formula is C22H27FN2O2. The lowest BCUT2D eigenvalue weighted by Crippen LogP contribution is -2.30. The number of rotatable bonds is 5. The molecule has 0 amide bonds. The lowest BCUT2D eigenvalue weighted by atomic mass is 9.83. The lowest BCUT2D eigenvalue weighted by Gasteiger charge is -2.26. The number of phenolic OH excluding ortho intramolecular Hbond substituents is 1. The third kappa shape index (κ3) is 3.93. The Morgan fingerprint density at radius 1 is 1.33 bits per heavy atom. The number of benzene rings is 1. The van der Waals surface area contributed by atoms with Gasteiger partial charge in [-0.05, 0) is 47.8 Å². The molecule has 27 heavy (non-hydrogen) atoms. The molecule has 1 aromatic carbocycles.